The maximum Gasteiger partial charge on any atom is 0.231 e. The van der Waals surface area contributed by atoms with Crippen LogP contribution < -0.4 is 9.47 Å². The van der Waals surface area contributed by atoms with E-state index in [1.54, 1.807) is 0 Å². The fourth-order valence-corrected chi connectivity index (χ4v) is 3.63. The van der Waals surface area contributed by atoms with E-state index in [1.807, 2.05) is 19.1 Å². The minimum atomic E-state index is 0.322. The second-order valence-electron chi connectivity index (χ2n) is 7.31. The van der Waals surface area contributed by atoms with Gasteiger partial charge in [0, 0.05) is 44.8 Å². The number of piperazine rings is 1. The molecule has 138 valence electrons. The molecule has 1 N–H and O–H groups in total. The summed E-state index contributed by atoms with van der Waals surface area (Å²) in [6.07, 6.45) is 0. The van der Waals surface area contributed by atoms with E-state index < -0.39 is 0 Å². The highest BCUT2D eigenvalue weighted by Crippen LogP contribution is 2.33. The van der Waals surface area contributed by atoms with Crippen molar-refractivity contribution < 1.29 is 14.6 Å². The number of rotatable bonds is 4. The molecule has 0 spiro atoms. The van der Waals surface area contributed by atoms with Gasteiger partial charge in [0.2, 0.25) is 6.79 Å². The lowest BCUT2D eigenvalue weighted by atomic mass is 10.0. The number of aromatic hydroxyl groups is 1. The summed E-state index contributed by atoms with van der Waals surface area (Å²) in [6, 6.07) is 10.2. The molecule has 2 aromatic rings. The molecule has 5 heteroatoms. The van der Waals surface area contributed by atoms with Crippen molar-refractivity contribution >= 4 is 0 Å². The summed E-state index contributed by atoms with van der Waals surface area (Å²) in [5, 5.41) is 10.2. The molecule has 2 aromatic carbocycles. The van der Waals surface area contributed by atoms with Crippen LogP contribution in [0, 0.1) is 13.8 Å². The molecule has 0 saturated carbocycles. The van der Waals surface area contributed by atoms with Gasteiger partial charge in [0.1, 0.15) is 5.75 Å². The first kappa shape index (κ1) is 17.2. The standard InChI is InChI=1S/C21H26N2O3/c1-15-9-18(19(24)10-16(15)2)13-23-7-5-22(6-8-23)12-17-3-4-20-21(11-17)26-14-25-20/h3-4,9-11,24H,5-8,12-14H2,1-2H3. The zero-order valence-corrected chi connectivity index (χ0v) is 15.5. The zero-order chi connectivity index (χ0) is 18.1. The van der Waals surface area contributed by atoms with Gasteiger partial charge in [0.25, 0.3) is 0 Å². The Balaban J connectivity index is 1.32. The normalized spacial score (nSPS) is 17.6. The van der Waals surface area contributed by atoms with Crippen molar-refractivity contribution in [3.8, 4) is 17.2 Å². The van der Waals surface area contributed by atoms with Crippen LogP contribution in [0.15, 0.2) is 30.3 Å². The molecule has 0 unspecified atom stereocenters. The molecule has 0 bridgehead atoms. The molecular formula is C21H26N2O3. The highest BCUT2D eigenvalue weighted by Gasteiger charge is 2.20. The molecule has 0 aromatic heterocycles. The van der Waals surface area contributed by atoms with Crippen LogP contribution in [0.25, 0.3) is 0 Å². The van der Waals surface area contributed by atoms with Gasteiger partial charge in [-0.05, 0) is 48.7 Å². The average Bonchev–Trinajstić information content (AvgIpc) is 3.09. The number of fused-ring (bicyclic) bond motifs is 1. The fraction of sp³-hybridized carbons (Fsp3) is 0.429. The van der Waals surface area contributed by atoms with E-state index >= 15 is 0 Å². The second kappa shape index (κ2) is 7.17. The number of ether oxygens (including phenoxy) is 2. The Kier molecular flexibility index (Phi) is 4.74. The number of nitrogens with zero attached hydrogens (tertiary/aromatic N) is 2. The van der Waals surface area contributed by atoms with E-state index in [9.17, 15) is 5.11 Å². The van der Waals surface area contributed by atoms with Crippen LogP contribution >= 0.6 is 0 Å². The first-order chi connectivity index (χ1) is 12.6. The molecule has 2 aliphatic rings. The predicted molar refractivity (Wildman–Crippen MR) is 101 cm³/mol. The van der Waals surface area contributed by atoms with Crippen molar-refractivity contribution in [1.29, 1.82) is 0 Å². The number of aryl methyl sites for hydroxylation is 2. The fourth-order valence-electron chi connectivity index (χ4n) is 3.63. The van der Waals surface area contributed by atoms with Gasteiger partial charge < -0.3 is 14.6 Å². The Hall–Kier alpha value is -2.24. The van der Waals surface area contributed by atoms with E-state index in [1.165, 1.54) is 11.1 Å². The lowest BCUT2D eigenvalue weighted by Gasteiger charge is -2.35. The molecule has 2 heterocycles. The molecule has 5 nitrogen and oxygen atoms in total. The quantitative estimate of drug-likeness (QED) is 0.914. The molecule has 0 aliphatic carbocycles. The van der Waals surface area contributed by atoms with Gasteiger partial charge >= 0.3 is 0 Å². The lowest BCUT2D eigenvalue weighted by Crippen LogP contribution is -2.45. The number of phenolic OH excluding ortho intramolecular Hbond substituents is 1. The maximum absolute atomic E-state index is 10.2. The summed E-state index contributed by atoms with van der Waals surface area (Å²) in [7, 11) is 0. The van der Waals surface area contributed by atoms with Gasteiger partial charge in [0.15, 0.2) is 11.5 Å². The summed E-state index contributed by atoms with van der Waals surface area (Å²) in [4.78, 5) is 4.88. The smallest absolute Gasteiger partial charge is 0.231 e. The van der Waals surface area contributed by atoms with Crippen molar-refractivity contribution in [2.45, 2.75) is 26.9 Å². The van der Waals surface area contributed by atoms with Gasteiger partial charge in [-0.15, -0.1) is 0 Å². The molecule has 1 fully saturated rings. The third kappa shape index (κ3) is 3.64. The first-order valence-electron chi connectivity index (χ1n) is 9.21. The third-order valence-corrected chi connectivity index (χ3v) is 5.40. The van der Waals surface area contributed by atoms with Gasteiger partial charge in [0.05, 0.1) is 0 Å². The molecule has 4 rings (SSSR count). The highest BCUT2D eigenvalue weighted by molar-refractivity contribution is 5.44. The number of phenols is 1. The molecule has 26 heavy (non-hydrogen) atoms. The van der Waals surface area contributed by atoms with Crippen molar-refractivity contribution in [1.82, 2.24) is 9.80 Å². The van der Waals surface area contributed by atoms with Crippen molar-refractivity contribution in [3.63, 3.8) is 0 Å². The molecule has 0 amide bonds. The van der Waals surface area contributed by atoms with Crippen LogP contribution in [0.2, 0.25) is 0 Å². The molecule has 1 saturated heterocycles. The zero-order valence-electron chi connectivity index (χ0n) is 15.5. The summed E-state index contributed by atoms with van der Waals surface area (Å²) >= 11 is 0. The minimum absolute atomic E-state index is 0.322. The van der Waals surface area contributed by atoms with E-state index in [0.29, 0.717) is 12.5 Å². The maximum atomic E-state index is 10.2. The molecular weight excluding hydrogens is 328 g/mol. The number of benzene rings is 2. The van der Waals surface area contributed by atoms with Gasteiger partial charge in [-0.2, -0.15) is 0 Å². The van der Waals surface area contributed by atoms with Gasteiger partial charge in [-0.1, -0.05) is 12.1 Å². The Morgan fingerprint density at radius 1 is 0.846 bits per heavy atom. The number of hydrogen-bond acceptors (Lipinski definition) is 5. The number of hydrogen-bond donors (Lipinski definition) is 1. The third-order valence-electron chi connectivity index (χ3n) is 5.40. The van der Waals surface area contributed by atoms with Gasteiger partial charge in [-0.3, -0.25) is 9.80 Å². The van der Waals surface area contributed by atoms with Crippen LogP contribution in [0.4, 0.5) is 0 Å². The summed E-state index contributed by atoms with van der Waals surface area (Å²) in [6.45, 7) is 10.3. The van der Waals surface area contributed by atoms with Crippen LogP contribution in [-0.2, 0) is 13.1 Å². The van der Waals surface area contributed by atoms with Gasteiger partial charge in [-0.25, -0.2) is 0 Å². The summed E-state index contributed by atoms with van der Waals surface area (Å²) in [5.74, 6) is 2.11. The highest BCUT2D eigenvalue weighted by atomic mass is 16.7. The Morgan fingerprint density at radius 2 is 1.50 bits per heavy atom. The topological polar surface area (TPSA) is 45.2 Å². The molecule has 2 aliphatic heterocycles. The summed E-state index contributed by atoms with van der Waals surface area (Å²) < 4.78 is 10.8. The van der Waals surface area contributed by atoms with Crippen molar-refractivity contribution in [2.24, 2.45) is 0 Å². The van der Waals surface area contributed by atoms with Crippen LogP contribution in [-0.4, -0.2) is 47.9 Å². The molecule has 0 atom stereocenters. The minimum Gasteiger partial charge on any atom is -0.508 e. The van der Waals surface area contributed by atoms with Crippen LogP contribution in [0.1, 0.15) is 22.3 Å². The van der Waals surface area contributed by atoms with Crippen molar-refractivity contribution in [2.75, 3.05) is 33.0 Å². The first-order valence-corrected chi connectivity index (χ1v) is 9.21. The lowest BCUT2D eigenvalue weighted by molar-refractivity contribution is 0.121. The predicted octanol–water partition coefficient (Wildman–Crippen LogP) is 3.06. The SMILES string of the molecule is Cc1cc(O)c(CN2CCN(Cc3ccc4c(c3)OCO4)CC2)cc1C. The van der Waals surface area contributed by atoms with Crippen molar-refractivity contribution in [3.05, 3.63) is 52.6 Å². The largest absolute Gasteiger partial charge is 0.508 e. The average molecular weight is 354 g/mol. The summed E-state index contributed by atoms with van der Waals surface area (Å²) in [5.41, 5.74) is 4.66. The second-order valence-corrected chi connectivity index (χ2v) is 7.31. The monoisotopic (exact) mass is 354 g/mol. The van der Waals surface area contributed by atoms with E-state index in [-0.39, 0.29) is 0 Å². The Morgan fingerprint density at radius 3 is 2.27 bits per heavy atom. The van der Waals surface area contributed by atoms with E-state index in [0.717, 1.165) is 61.9 Å². The van der Waals surface area contributed by atoms with Crippen LogP contribution in [0.3, 0.4) is 0 Å². The Bertz CT molecular complexity index is 798. The van der Waals surface area contributed by atoms with E-state index in [2.05, 4.69) is 34.9 Å². The Labute approximate surface area is 154 Å². The molecule has 0 radical (unpaired) electrons. The van der Waals surface area contributed by atoms with E-state index in [4.69, 9.17) is 9.47 Å². The van der Waals surface area contributed by atoms with Crippen LogP contribution in [0.5, 0.6) is 17.2 Å².